The first-order valence-electron chi connectivity index (χ1n) is 21.7. The van der Waals surface area contributed by atoms with Crippen molar-refractivity contribution in [1.82, 2.24) is 26.7 Å². The third-order valence-electron chi connectivity index (χ3n) is 8.56. The largest absolute Gasteiger partial charge is 0.460 e. The van der Waals surface area contributed by atoms with Crippen LogP contribution in [0.2, 0.25) is 0 Å². The molecule has 0 heterocycles. The molecule has 16 nitrogen and oxygen atoms in total. The van der Waals surface area contributed by atoms with Gasteiger partial charge in [-0.1, -0.05) is 77.0 Å². The summed E-state index contributed by atoms with van der Waals surface area (Å²) in [6.45, 7) is 12.4. The first kappa shape index (κ1) is 55.1. The summed E-state index contributed by atoms with van der Waals surface area (Å²) in [5.74, 6) is -1.44. The lowest BCUT2D eigenvalue weighted by molar-refractivity contribution is -0.159. The fourth-order valence-corrected chi connectivity index (χ4v) is 5.71. The molecule has 3 amide bonds. The molecule has 0 aromatic carbocycles. The number of hydrogen-bond donors (Lipinski definition) is 6. The topological polar surface area (TPSA) is 212 Å². The molecule has 0 aliphatic carbocycles. The van der Waals surface area contributed by atoms with Gasteiger partial charge in [-0.3, -0.25) is 29.3 Å². The second-order valence-electron chi connectivity index (χ2n) is 16.6. The van der Waals surface area contributed by atoms with Crippen molar-refractivity contribution >= 4 is 29.7 Å². The lowest BCUT2D eigenvalue weighted by Crippen LogP contribution is -2.45. The lowest BCUT2D eigenvalue weighted by Gasteiger charge is -2.25. The number of ether oxygens (including phenoxy) is 4. The molecule has 58 heavy (non-hydrogen) atoms. The number of nitrogens with one attached hydrogen (secondary N) is 5. The van der Waals surface area contributed by atoms with Crippen molar-refractivity contribution < 1.29 is 52.9 Å². The van der Waals surface area contributed by atoms with Crippen molar-refractivity contribution in [2.45, 2.75) is 181 Å². The van der Waals surface area contributed by atoms with Gasteiger partial charge in [-0.15, -0.1) is 0 Å². The van der Waals surface area contributed by atoms with Crippen LogP contribution < -0.4 is 26.7 Å². The Balaban J connectivity index is 4.03. The number of aliphatic hydroxyl groups excluding tert-OH is 1. The molecule has 0 bridgehead atoms. The van der Waals surface area contributed by atoms with Crippen LogP contribution in [0.1, 0.15) is 157 Å². The van der Waals surface area contributed by atoms with E-state index in [-0.39, 0.29) is 82.7 Å². The number of unbranched alkanes of at least 4 members (excludes halogenated alkanes) is 13. The molecule has 340 valence electrons. The number of hydroxylamine groups is 1. The molecular weight excluding hydrogens is 750 g/mol. The molecular formula is C42H81N5O11. The number of hydrogen-bond acceptors (Lipinski definition) is 13. The minimum atomic E-state index is -0.917. The summed E-state index contributed by atoms with van der Waals surface area (Å²) in [6.07, 6.45) is 16.2. The average Bonchev–Trinajstić information content (AvgIpc) is 3.13. The SMILES string of the molecule is CNOCC(=O)NCCNC(=O)COCCOCCN[C@@H](O)CC[C@H](NC(=O)CCCCCCCCCCCCCCCCC(=O)OC(C)(C)C)C(=O)OC(C)(C)C. The maximum absolute atomic E-state index is 12.9. The van der Waals surface area contributed by atoms with Crippen molar-refractivity contribution in [3.63, 3.8) is 0 Å². The monoisotopic (exact) mass is 832 g/mol. The molecule has 0 radical (unpaired) electrons. The number of aliphatic hydroxyl groups is 1. The molecule has 0 saturated heterocycles. The highest BCUT2D eigenvalue weighted by Crippen LogP contribution is 2.16. The second kappa shape index (κ2) is 34.9. The van der Waals surface area contributed by atoms with E-state index in [9.17, 15) is 29.1 Å². The highest BCUT2D eigenvalue weighted by molar-refractivity contribution is 5.84. The van der Waals surface area contributed by atoms with Gasteiger partial charge in [0.15, 0.2) is 0 Å². The van der Waals surface area contributed by atoms with Gasteiger partial charge in [0.2, 0.25) is 17.7 Å². The van der Waals surface area contributed by atoms with Gasteiger partial charge in [0.25, 0.3) is 0 Å². The Morgan fingerprint density at radius 3 is 1.55 bits per heavy atom. The first-order chi connectivity index (χ1) is 27.5. The Hall–Kier alpha value is -2.89. The first-order valence-corrected chi connectivity index (χ1v) is 21.7. The highest BCUT2D eigenvalue weighted by atomic mass is 16.6. The Labute approximate surface area is 349 Å². The predicted molar refractivity (Wildman–Crippen MR) is 223 cm³/mol. The van der Waals surface area contributed by atoms with Gasteiger partial charge in [-0.25, -0.2) is 10.3 Å². The molecule has 6 N–H and O–H groups in total. The molecule has 0 unspecified atom stereocenters. The normalized spacial score (nSPS) is 12.8. The van der Waals surface area contributed by atoms with Crippen molar-refractivity contribution in [3.8, 4) is 0 Å². The van der Waals surface area contributed by atoms with Crippen molar-refractivity contribution in [2.75, 3.05) is 59.7 Å². The summed E-state index contributed by atoms with van der Waals surface area (Å²) in [5, 5.41) is 21.4. The van der Waals surface area contributed by atoms with Crippen molar-refractivity contribution in [2.24, 2.45) is 0 Å². The number of amides is 3. The molecule has 0 aromatic heterocycles. The van der Waals surface area contributed by atoms with E-state index in [4.69, 9.17) is 23.8 Å². The third-order valence-corrected chi connectivity index (χ3v) is 8.56. The van der Waals surface area contributed by atoms with Crippen molar-refractivity contribution in [1.29, 1.82) is 0 Å². The number of rotatable bonds is 37. The van der Waals surface area contributed by atoms with E-state index in [2.05, 4.69) is 26.7 Å². The van der Waals surface area contributed by atoms with Gasteiger partial charge in [-0.2, -0.15) is 0 Å². The summed E-state index contributed by atoms with van der Waals surface area (Å²) >= 11 is 0. The zero-order valence-corrected chi connectivity index (χ0v) is 37.1. The molecule has 16 heteroatoms. The van der Waals surface area contributed by atoms with E-state index < -0.39 is 29.4 Å². The lowest BCUT2D eigenvalue weighted by atomic mass is 10.0. The summed E-state index contributed by atoms with van der Waals surface area (Å²) in [6, 6.07) is -0.866. The van der Waals surface area contributed by atoms with Gasteiger partial charge in [0, 0.05) is 39.5 Å². The van der Waals surface area contributed by atoms with Crippen LogP contribution in [0.15, 0.2) is 0 Å². The van der Waals surface area contributed by atoms with Crippen LogP contribution in [0.5, 0.6) is 0 Å². The molecule has 0 spiro atoms. The second-order valence-corrected chi connectivity index (χ2v) is 16.6. The van der Waals surface area contributed by atoms with Crippen LogP contribution in [0.4, 0.5) is 0 Å². The zero-order valence-electron chi connectivity index (χ0n) is 37.1. The van der Waals surface area contributed by atoms with Gasteiger partial charge >= 0.3 is 11.9 Å². The number of esters is 2. The molecule has 0 fully saturated rings. The van der Waals surface area contributed by atoms with Crippen LogP contribution in [0, 0.1) is 0 Å². The number of carbonyl (C=O) groups is 5. The highest BCUT2D eigenvalue weighted by Gasteiger charge is 2.27. The van der Waals surface area contributed by atoms with E-state index >= 15 is 0 Å². The number of carbonyl (C=O) groups excluding carboxylic acids is 5. The standard InChI is InChI=1S/C42H81N5O11/c1-41(2,3)57-39(52)23-21-19-17-15-13-11-9-8-10-12-14-16-18-20-22-36(49)47-34(40(53)58-42(4,5)6)24-25-35(48)46-28-29-54-30-31-55-32-37(50)44-26-27-45-38(51)33-56-43-7/h34-35,43,46,48H,8-33H2,1-7H3,(H,44,50)(H,45,51)(H,47,49)/t34-,35-/m0/s1. The minimum absolute atomic E-state index is 0.0978. The fraction of sp³-hybridized carbons (Fsp3) is 0.881. The smallest absolute Gasteiger partial charge is 0.329 e. The molecule has 0 rings (SSSR count). The molecule has 0 aromatic rings. The van der Waals surface area contributed by atoms with Gasteiger partial charge in [-0.05, 0) is 67.2 Å². The van der Waals surface area contributed by atoms with Crippen LogP contribution in [-0.4, -0.2) is 118 Å². The van der Waals surface area contributed by atoms with E-state index in [0.29, 0.717) is 19.4 Å². The molecule has 2 atom stereocenters. The zero-order chi connectivity index (χ0) is 43.5. The van der Waals surface area contributed by atoms with Crippen molar-refractivity contribution in [3.05, 3.63) is 0 Å². The van der Waals surface area contributed by atoms with E-state index in [1.165, 1.54) is 51.4 Å². The van der Waals surface area contributed by atoms with E-state index in [1.807, 2.05) is 20.8 Å². The van der Waals surface area contributed by atoms with E-state index in [0.717, 1.165) is 38.5 Å². The predicted octanol–water partition coefficient (Wildman–Crippen LogP) is 4.50. The third kappa shape index (κ3) is 38.6. The molecule has 0 saturated carbocycles. The van der Waals surface area contributed by atoms with Crippen LogP contribution >= 0.6 is 0 Å². The van der Waals surface area contributed by atoms with Gasteiger partial charge < -0.3 is 40.0 Å². The van der Waals surface area contributed by atoms with Crippen LogP contribution in [0.3, 0.4) is 0 Å². The Kier molecular flexibility index (Phi) is 33.2. The average molecular weight is 832 g/mol. The summed E-state index contributed by atoms with van der Waals surface area (Å²) in [4.78, 5) is 65.4. The van der Waals surface area contributed by atoms with Gasteiger partial charge in [0.05, 0.1) is 19.8 Å². The summed E-state index contributed by atoms with van der Waals surface area (Å²) in [7, 11) is 1.55. The molecule has 0 aliphatic rings. The summed E-state index contributed by atoms with van der Waals surface area (Å²) < 4.78 is 21.7. The molecule has 0 aliphatic heterocycles. The Morgan fingerprint density at radius 1 is 0.552 bits per heavy atom. The maximum atomic E-state index is 12.9. The minimum Gasteiger partial charge on any atom is -0.460 e. The van der Waals surface area contributed by atoms with Crippen LogP contribution in [0.25, 0.3) is 0 Å². The Morgan fingerprint density at radius 2 is 1.03 bits per heavy atom. The van der Waals surface area contributed by atoms with Gasteiger partial charge in [0.1, 0.15) is 36.7 Å². The quantitative estimate of drug-likeness (QED) is 0.0221. The van der Waals surface area contributed by atoms with Crippen LogP contribution in [-0.2, 0) is 47.8 Å². The fourth-order valence-electron chi connectivity index (χ4n) is 5.71. The Bertz CT molecular complexity index is 1100. The maximum Gasteiger partial charge on any atom is 0.329 e. The summed E-state index contributed by atoms with van der Waals surface area (Å²) in [5.41, 5.74) is 1.28. The van der Waals surface area contributed by atoms with E-state index in [1.54, 1.807) is 27.8 Å².